The van der Waals surface area contributed by atoms with Crippen molar-refractivity contribution in [3.8, 4) is 11.1 Å². The van der Waals surface area contributed by atoms with E-state index in [1.807, 2.05) is 38.1 Å². The van der Waals surface area contributed by atoms with Crippen molar-refractivity contribution in [2.75, 3.05) is 4.90 Å². The number of rotatable bonds is 2. The van der Waals surface area contributed by atoms with E-state index in [-0.39, 0.29) is 18.2 Å². The second-order valence-corrected chi connectivity index (χ2v) is 5.56. The Balaban J connectivity index is 1.97. The van der Waals surface area contributed by atoms with E-state index in [9.17, 15) is 4.79 Å². The highest BCUT2D eigenvalue weighted by Gasteiger charge is 2.36. The van der Waals surface area contributed by atoms with E-state index >= 15 is 0 Å². The predicted octanol–water partition coefficient (Wildman–Crippen LogP) is 4.40. The van der Waals surface area contributed by atoms with Gasteiger partial charge >= 0.3 is 6.09 Å². The first-order chi connectivity index (χ1) is 10.1. The molecule has 2 aromatic carbocycles. The fourth-order valence-corrected chi connectivity index (χ4v) is 2.77. The SMILES string of the molecule is Cc1cc(N2C(=O)OC(C)C2C)ccc1-c1ccccc1. The molecule has 1 fully saturated rings. The Morgan fingerprint density at radius 2 is 1.76 bits per heavy atom. The lowest BCUT2D eigenvalue weighted by molar-refractivity contribution is 0.143. The van der Waals surface area contributed by atoms with Crippen LogP contribution in [-0.4, -0.2) is 18.2 Å². The minimum absolute atomic E-state index is 0.0551. The van der Waals surface area contributed by atoms with Crippen molar-refractivity contribution in [3.05, 3.63) is 54.1 Å². The van der Waals surface area contributed by atoms with Crippen molar-refractivity contribution in [1.29, 1.82) is 0 Å². The first-order valence-corrected chi connectivity index (χ1v) is 7.24. The number of carbonyl (C=O) groups excluding carboxylic acids is 1. The number of cyclic esters (lactones) is 1. The number of hydrogen-bond donors (Lipinski definition) is 0. The largest absolute Gasteiger partial charge is 0.444 e. The zero-order chi connectivity index (χ0) is 15.0. The van der Waals surface area contributed by atoms with E-state index in [0.717, 1.165) is 11.3 Å². The molecule has 1 aliphatic heterocycles. The van der Waals surface area contributed by atoms with E-state index in [4.69, 9.17) is 4.74 Å². The fourth-order valence-electron chi connectivity index (χ4n) is 2.77. The predicted molar refractivity (Wildman–Crippen MR) is 84.5 cm³/mol. The van der Waals surface area contributed by atoms with Crippen LogP contribution in [-0.2, 0) is 4.74 Å². The topological polar surface area (TPSA) is 29.5 Å². The molecule has 0 radical (unpaired) electrons. The van der Waals surface area contributed by atoms with Crippen molar-refractivity contribution >= 4 is 11.8 Å². The number of amides is 1. The standard InChI is InChI=1S/C18H19NO2/c1-12-11-16(19-13(2)14(3)21-18(19)20)9-10-17(12)15-7-5-4-6-8-15/h4-11,13-14H,1-3H3. The van der Waals surface area contributed by atoms with Crippen molar-refractivity contribution in [3.63, 3.8) is 0 Å². The summed E-state index contributed by atoms with van der Waals surface area (Å²) in [5, 5.41) is 0. The summed E-state index contributed by atoms with van der Waals surface area (Å²) >= 11 is 0. The monoisotopic (exact) mass is 281 g/mol. The van der Waals surface area contributed by atoms with Gasteiger partial charge in [-0.25, -0.2) is 4.79 Å². The molecule has 21 heavy (non-hydrogen) atoms. The molecule has 108 valence electrons. The van der Waals surface area contributed by atoms with Crippen LogP contribution in [0, 0.1) is 6.92 Å². The number of aryl methyl sites for hydroxylation is 1. The molecule has 1 aliphatic rings. The van der Waals surface area contributed by atoms with Gasteiger partial charge in [-0.2, -0.15) is 0 Å². The zero-order valence-corrected chi connectivity index (χ0v) is 12.5. The zero-order valence-electron chi connectivity index (χ0n) is 12.5. The maximum Gasteiger partial charge on any atom is 0.415 e. The summed E-state index contributed by atoms with van der Waals surface area (Å²) in [6.07, 6.45) is -0.339. The molecule has 3 nitrogen and oxygen atoms in total. The highest BCUT2D eigenvalue weighted by Crippen LogP contribution is 2.31. The van der Waals surface area contributed by atoms with Crippen LogP contribution in [0.25, 0.3) is 11.1 Å². The van der Waals surface area contributed by atoms with Gasteiger partial charge in [0.15, 0.2) is 0 Å². The smallest absolute Gasteiger partial charge is 0.415 e. The maximum atomic E-state index is 12.0. The number of anilines is 1. The van der Waals surface area contributed by atoms with Crippen LogP contribution < -0.4 is 4.90 Å². The van der Waals surface area contributed by atoms with E-state index in [1.165, 1.54) is 11.1 Å². The molecule has 3 heteroatoms. The van der Waals surface area contributed by atoms with Crippen molar-refractivity contribution in [2.24, 2.45) is 0 Å². The third kappa shape index (κ3) is 2.40. The third-order valence-electron chi connectivity index (χ3n) is 4.14. The summed E-state index contributed by atoms with van der Waals surface area (Å²) < 4.78 is 5.28. The molecule has 0 spiro atoms. The molecule has 0 N–H and O–H groups in total. The highest BCUT2D eigenvalue weighted by molar-refractivity contribution is 5.91. The molecule has 0 bridgehead atoms. The van der Waals surface area contributed by atoms with Crippen LogP contribution in [0.5, 0.6) is 0 Å². The van der Waals surface area contributed by atoms with E-state index in [0.29, 0.717) is 0 Å². The molecule has 2 atom stereocenters. The Morgan fingerprint density at radius 3 is 2.33 bits per heavy atom. The molecule has 0 saturated carbocycles. The van der Waals surface area contributed by atoms with E-state index in [1.54, 1.807) is 4.90 Å². The lowest BCUT2D eigenvalue weighted by Gasteiger charge is -2.20. The number of benzene rings is 2. The fraction of sp³-hybridized carbons (Fsp3) is 0.278. The summed E-state index contributed by atoms with van der Waals surface area (Å²) in [7, 11) is 0. The second-order valence-electron chi connectivity index (χ2n) is 5.56. The summed E-state index contributed by atoms with van der Waals surface area (Å²) in [6.45, 7) is 6.01. The number of ether oxygens (including phenoxy) is 1. The summed E-state index contributed by atoms with van der Waals surface area (Å²) in [4.78, 5) is 13.7. The van der Waals surface area contributed by atoms with Crippen LogP contribution in [0.3, 0.4) is 0 Å². The van der Waals surface area contributed by atoms with Crippen LogP contribution in [0.2, 0.25) is 0 Å². The molecule has 1 saturated heterocycles. The summed E-state index contributed by atoms with van der Waals surface area (Å²) in [6, 6.07) is 16.4. The second kappa shape index (κ2) is 5.24. The molecular weight excluding hydrogens is 262 g/mol. The van der Waals surface area contributed by atoms with Crippen LogP contribution in [0.4, 0.5) is 10.5 Å². The molecule has 1 heterocycles. The van der Waals surface area contributed by atoms with Gasteiger partial charge in [-0.3, -0.25) is 4.90 Å². The van der Waals surface area contributed by atoms with Gasteiger partial charge in [0.25, 0.3) is 0 Å². The number of carbonyl (C=O) groups is 1. The minimum atomic E-state index is -0.262. The van der Waals surface area contributed by atoms with Crippen LogP contribution >= 0.6 is 0 Å². The van der Waals surface area contributed by atoms with Gasteiger partial charge in [0.05, 0.1) is 6.04 Å². The van der Waals surface area contributed by atoms with Crippen molar-refractivity contribution in [2.45, 2.75) is 32.9 Å². The summed E-state index contributed by atoms with van der Waals surface area (Å²) in [5.41, 5.74) is 4.42. The first kappa shape index (κ1) is 13.7. The van der Waals surface area contributed by atoms with Gasteiger partial charge < -0.3 is 4.74 Å². The Labute approximate surface area is 125 Å². The first-order valence-electron chi connectivity index (χ1n) is 7.24. The van der Waals surface area contributed by atoms with Gasteiger partial charge in [0.2, 0.25) is 0 Å². The Kier molecular flexibility index (Phi) is 3.42. The normalized spacial score (nSPS) is 21.5. The van der Waals surface area contributed by atoms with Gasteiger partial charge in [-0.15, -0.1) is 0 Å². The quantitative estimate of drug-likeness (QED) is 0.816. The third-order valence-corrected chi connectivity index (χ3v) is 4.14. The Bertz CT molecular complexity index is 666. The van der Waals surface area contributed by atoms with E-state index in [2.05, 4.69) is 31.2 Å². The molecule has 2 unspecified atom stereocenters. The van der Waals surface area contributed by atoms with Gasteiger partial charge in [0, 0.05) is 5.69 Å². The number of nitrogens with zero attached hydrogens (tertiary/aromatic N) is 1. The van der Waals surface area contributed by atoms with Crippen LogP contribution in [0.15, 0.2) is 48.5 Å². The van der Waals surface area contributed by atoms with Crippen molar-refractivity contribution in [1.82, 2.24) is 0 Å². The lowest BCUT2D eigenvalue weighted by Crippen LogP contribution is -2.33. The van der Waals surface area contributed by atoms with E-state index < -0.39 is 0 Å². The van der Waals surface area contributed by atoms with Gasteiger partial charge in [-0.1, -0.05) is 36.4 Å². The molecule has 1 amide bonds. The molecule has 2 aromatic rings. The molecule has 0 aliphatic carbocycles. The highest BCUT2D eigenvalue weighted by atomic mass is 16.6. The Morgan fingerprint density at radius 1 is 1.05 bits per heavy atom. The van der Waals surface area contributed by atoms with Crippen molar-refractivity contribution < 1.29 is 9.53 Å². The summed E-state index contributed by atoms with van der Waals surface area (Å²) in [5.74, 6) is 0. The number of hydrogen-bond acceptors (Lipinski definition) is 2. The van der Waals surface area contributed by atoms with Gasteiger partial charge in [-0.05, 0) is 49.6 Å². The average Bonchev–Trinajstić information content (AvgIpc) is 2.73. The molecule has 3 rings (SSSR count). The minimum Gasteiger partial charge on any atom is -0.444 e. The average molecular weight is 281 g/mol. The Hall–Kier alpha value is -2.29. The van der Waals surface area contributed by atoms with Gasteiger partial charge in [0.1, 0.15) is 6.10 Å². The van der Waals surface area contributed by atoms with Crippen LogP contribution in [0.1, 0.15) is 19.4 Å². The molecular formula is C18H19NO2. The lowest BCUT2D eigenvalue weighted by atomic mass is 9.99. The maximum absolute atomic E-state index is 12.0. The molecule has 0 aromatic heterocycles.